The molecule has 24 heavy (non-hydrogen) atoms. The van der Waals surface area contributed by atoms with Gasteiger partial charge in [0.05, 0.1) is 16.9 Å². The molecule has 0 bridgehead atoms. The van der Waals surface area contributed by atoms with Crippen LogP contribution in [0.25, 0.3) is 11.3 Å². The summed E-state index contributed by atoms with van der Waals surface area (Å²) in [5, 5.41) is 9.82. The maximum atomic E-state index is 13.8. The second kappa shape index (κ2) is 6.62. The van der Waals surface area contributed by atoms with Crippen LogP contribution in [0.15, 0.2) is 48.5 Å². The fourth-order valence-corrected chi connectivity index (χ4v) is 2.43. The molecule has 2 N–H and O–H groups in total. The molecule has 3 aromatic rings. The summed E-state index contributed by atoms with van der Waals surface area (Å²) in [4.78, 5) is 12.4. The second-order valence-electron chi connectivity index (χ2n) is 5.22. The molecule has 1 heterocycles. The van der Waals surface area contributed by atoms with Gasteiger partial charge in [-0.3, -0.25) is 9.89 Å². The molecular formula is C18H15F2N3O. The van der Waals surface area contributed by atoms with Gasteiger partial charge in [0.15, 0.2) is 0 Å². The molecule has 1 amide bonds. The maximum Gasteiger partial charge on any atom is 0.258 e. The minimum Gasteiger partial charge on any atom is -0.318 e. The van der Waals surface area contributed by atoms with Crippen LogP contribution in [-0.2, 0) is 6.42 Å². The Morgan fingerprint density at radius 3 is 2.58 bits per heavy atom. The van der Waals surface area contributed by atoms with Crippen molar-refractivity contribution in [1.82, 2.24) is 10.2 Å². The van der Waals surface area contributed by atoms with Crippen LogP contribution in [-0.4, -0.2) is 16.1 Å². The summed E-state index contributed by atoms with van der Waals surface area (Å²) in [7, 11) is 0. The van der Waals surface area contributed by atoms with Gasteiger partial charge in [-0.25, -0.2) is 8.78 Å². The molecule has 0 aliphatic rings. The van der Waals surface area contributed by atoms with Crippen molar-refractivity contribution in [3.63, 3.8) is 0 Å². The minimum absolute atomic E-state index is 0.223. The van der Waals surface area contributed by atoms with E-state index in [0.717, 1.165) is 23.4 Å². The van der Waals surface area contributed by atoms with Crippen molar-refractivity contribution >= 4 is 11.6 Å². The molecule has 0 saturated carbocycles. The summed E-state index contributed by atoms with van der Waals surface area (Å²) >= 11 is 0. The number of carbonyl (C=O) groups excluding carboxylic acids is 1. The first-order valence-corrected chi connectivity index (χ1v) is 7.49. The standard InChI is InChI=1S/C18H15F2N3O/c1-2-15-17(16(23-22-15)11-6-4-3-5-7-11)21-18(24)13-9-8-12(19)10-14(13)20/h3-10H,2H2,1H3,(H,21,24)(H,22,23). The Hall–Kier alpha value is -3.02. The van der Waals surface area contributed by atoms with Gasteiger partial charge < -0.3 is 5.32 Å². The zero-order valence-electron chi connectivity index (χ0n) is 12.9. The summed E-state index contributed by atoms with van der Waals surface area (Å²) < 4.78 is 26.8. The van der Waals surface area contributed by atoms with Gasteiger partial charge in [-0.1, -0.05) is 37.3 Å². The average molecular weight is 327 g/mol. The van der Waals surface area contributed by atoms with Crippen LogP contribution in [0, 0.1) is 11.6 Å². The lowest BCUT2D eigenvalue weighted by atomic mass is 10.1. The van der Waals surface area contributed by atoms with Crippen LogP contribution >= 0.6 is 0 Å². The quantitative estimate of drug-likeness (QED) is 0.755. The van der Waals surface area contributed by atoms with Gasteiger partial charge in [0.1, 0.15) is 17.3 Å². The number of aromatic amines is 1. The van der Waals surface area contributed by atoms with E-state index in [1.807, 2.05) is 37.3 Å². The highest BCUT2D eigenvalue weighted by Crippen LogP contribution is 2.29. The van der Waals surface area contributed by atoms with Gasteiger partial charge in [0, 0.05) is 11.6 Å². The lowest BCUT2D eigenvalue weighted by Gasteiger charge is -2.09. The highest BCUT2D eigenvalue weighted by atomic mass is 19.1. The smallest absolute Gasteiger partial charge is 0.258 e. The number of H-pyrrole nitrogens is 1. The maximum absolute atomic E-state index is 13.8. The number of nitrogens with zero attached hydrogens (tertiary/aromatic N) is 1. The van der Waals surface area contributed by atoms with Crippen LogP contribution in [0.2, 0.25) is 0 Å². The highest BCUT2D eigenvalue weighted by molar-refractivity contribution is 6.06. The molecule has 2 aromatic carbocycles. The Morgan fingerprint density at radius 1 is 1.17 bits per heavy atom. The zero-order valence-corrected chi connectivity index (χ0v) is 12.9. The van der Waals surface area contributed by atoms with E-state index in [1.54, 1.807) is 0 Å². The van der Waals surface area contributed by atoms with Gasteiger partial charge >= 0.3 is 0 Å². The van der Waals surface area contributed by atoms with Gasteiger partial charge in [-0.05, 0) is 18.6 Å². The fraction of sp³-hybridized carbons (Fsp3) is 0.111. The Labute approximate surface area is 137 Å². The first-order chi connectivity index (χ1) is 11.6. The molecule has 4 nitrogen and oxygen atoms in total. The number of hydrogen-bond donors (Lipinski definition) is 2. The van der Waals surface area contributed by atoms with Crippen LogP contribution in [0.4, 0.5) is 14.5 Å². The van der Waals surface area contributed by atoms with Crippen LogP contribution in [0.5, 0.6) is 0 Å². The van der Waals surface area contributed by atoms with Crippen molar-refractivity contribution in [3.8, 4) is 11.3 Å². The molecule has 3 rings (SSSR count). The third kappa shape index (κ3) is 3.03. The summed E-state index contributed by atoms with van der Waals surface area (Å²) in [5.74, 6) is -2.29. The molecule has 0 spiro atoms. The predicted octanol–water partition coefficient (Wildman–Crippen LogP) is 4.17. The first-order valence-electron chi connectivity index (χ1n) is 7.49. The Morgan fingerprint density at radius 2 is 1.92 bits per heavy atom. The molecule has 0 radical (unpaired) electrons. The molecule has 0 fully saturated rings. The van der Waals surface area contributed by atoms with Crippen LogP contribution < -0.4 is 5.32 Å². The fourth-order valence-electron chi connectivity index (χ4n) is 2.43. The molecule has 122 valence electrons. The topological polar surface area (TPSA) is 57.8 Å². The molecule has 0 atom stereocenters. The molecular weight excluding hydrogens is 312 g/mol. The van der Waals surface area contributed by atoms with Crippen molar-refractivity contribution in [2.45, 2.75) is 13.3 Å². The van der Waals surface area contributed by atoms with Gasteiger partial charge in [-0.2, -0.15) is 5.10 Å². The van der Waals surface area contributed by atoms with Crippen LogP contribution in [0.1, 0.15) is 23.0 Å². The van der Waals surface area contributed by atoms with E-state index >= 15 is 0 Å². The number of aryl methyl sites for hydroxylation is 1. The lowest BCUT2D eigenvalue weighted by Crippen LogP contribution is -2.15. The molecule has 0 unspecified atom stereocenters. The van der Waals surface area contributed by atoms with E-state index in [0.29, 0.717) is 23.9 Å². The van der Waals surface area contributed by atoms with E-state index in [-0.39, 0.29) is 5.56 Å². The van der Waals surface area contributed by atoms with E-state index in [4.69, 9.17) is 0 Å². The zero-order chi connectivity index (χ0) is 17.1. The number of carbonyl (C=O) groups is 1. The average Bonchev–Trinajstić information content (AvgIpc) is 2.98. The monoisotopic (exact) mass is 327 g/mol. The van der Waals surface area contributed by atoms with Crippen LogP contribution in [0.3, 0.4) is 0 Å². The van der Waals surface area contributed by atoms with Crippen molar-refractivity contribution in [3.05, 3.63) is 71.4 Å². The number of amides is 1. The summed E-state index contributed by atoms with van der Waals surface area (Å²) in [6.07, 6.45) is 0.612. The summed E-state index contributed by atoms with van der Waals surface area (Å²) in [6.45, 7) is 1.91. The molecule has 0 saturated heterocycles. The van der Waals surface area contributed by atoms with Gasteiger partial charge in [-0.15, -0.1) is 0 Å². The number of anilines is 1. The van der Waals surface area contributed by atoms with Crippen molar-refractivity contribution in [2.75, 3.05) is 5.32 Å². The second-order valence-corrected chi connectivity index (χ2v) is 5.22. The molecule has 1 aromatic heterocycles. The normalized spacial score (nSPS) is 10.6. The number of benzene rings is 2. The Balaban J connectivity index is 1.97. The number of hydrogen-bond acceptors (Lipinski definition) is 2. The van der Waals surface area contributed by atoms with E-state index in [9.17, 15) is 13.6 Å². The molecule has 0 aliphatic heterocycles. The van der Waals surface area contributed by atoms with Crippen molar-refractivity contribution in [2.24, 2.45) is 0 Å². The third-order valence-electron chi connectivity index (χ3n) is 3.66. The number of rotatable bonds is 4. The summed E-state index contributed by atoms with van der Waals surface area (Å²) in [6, 6.07) is 12.2. The van der Waals surface area contributed by atoms with Gasteiger partial charge in [0.25, 0.3) is 5.91 Å². The Bertz CT molecular complexity index is 875. The van der Waals surface area contributed by atoms with E-state index in [1.165, 1.54) is 0 Å². The largest absolute Gasteiger partial charge is 0.318 e. The van der Waals surface area contributed by atoms with Crippen molar-refractivity contribution in [1.29, 1.82) is 0 Å². The van der Waals surface area contributed by atoms with E-state index in [2.05, 4.69) is 15.5 Å². The van der Waals surface area contributed by atoms with Crippen molar-refractivity contribution < 1.29 is 13.6 Å². The first kappa shape index (κ1) is 15.9. The molecule has 6 heteroatoms. The number of halogens is 2. The van der Waals surface area contributed by atoms with Gasteiger partial charge in [0.2, 0.25) is 0 Å². The minimum atomic E-state index is -0.907. The third-order valence-corrected chi connectivity index (χ3v) is 3.66. The number of nitrogens with one attached hydrogen (secondary N) is 2. The highest BCUT2D eigenvalue weighted by Gasteiger charge is 2.19. The summed E-state index contributed by atoms with van der Waals surface area (Å²) in [5.41, 5.74) is 2.40. The molecule has 0 aliphatic carbocycles. The SMILES string of the molecule is CCc1[nH]nc(-c2ccccc2)c1NC(=O)c1ccc(F)cc1F. The number of aromatic nitrogens is 2. The Kier molecular flexibility index (Phi) is 4.37. The lowest BCUT2D eigenvalue weighted by molar-refractivity contribution is 0.102. The van der Waals surface area contributed by atoms with E-state index < -0.39 is 17.5 Å². The predicted molar refractivity (Wildman–Crippen MR) is 87.7 cm³/mol.